The molecule has 0 aromatic heterocycles. The van der Waals surface area contributed by atoms with E-state index in [0.717, 1.165) is 4.90 Å². The highest BCUT2D eigenvalue weighted by Gasteiger charge is 2.15. The van der Waals surface area contributed by atoms with E-state index in [1.807, 2.05) is 18.4 Å². The van der Waals surface area contributed by atoms with Crippen molar-refractivity contribution in [2.45, 2.75) is 17.7 Å². The lowest BCUT2D eigenvalue weighted by Gasteiger charge is -2.16. The van der Waals surface area contributed by atoms with E-state index in [1.54, 1.807) is 62.3 Å². The molecule has 0 saturated heterocycles. The minimum Gasteiger partial charge on any atom is -0.497 e. The first-order valence-electron chi connectivity index (χ1n) is 8.78. The van der Waals surface area contributed by atoms with Crippen LogP contribution >= 0.6 is 11.8 Å². The number of benzene rings is 2. The molecule has 0 aliphatic rings. The highest BCUT2D eigenvalue weighted by Crippen LogP contribution is 2.17. The Morgan fingerprint density at radius 3 is 2.21 bits per heavy atom. The number of nitrogens with zero attached hydrogens (tertiary/aromatic N) is 1. The summed E-state index contributed by atoms with van der Waals surface area (Å²) < 4.78 is 5.07. The molecule has 0 aliphatic carbocycles. The summed E-state index contributed by atoms with van der Waals surface area (Å²) in [7, 11) is 3.12. The molecule has 2 aromatic rings. The summed E-state index contributed by atoms with van der Waals surface area (Å²) in [5, 5.41) is 2.72. The molecule has 0 unspecified atom stereocenters. The molecule has 0 bridgehead atoms. The van der Waals surface area contributed by atoms with Crippen molar-refractivity contribution in [3.63, 3.8) is 0 Å². The first kappa shape index (κ1) is 21.5. The van der Waals surface area contributed by atoms with Crippen molar-refractivity contribution < 1.29 is 19.1 Å². The maximum atomic E-state index is 12.2. The molecule has 0 aliphatic heterocycles. The van der Waals surface area contributed by atoms with E-state index in [-0.39, 0.29) is 37.0 Å². The van der Waals surface area contributed by atoms with Crippen molar-refractivity contribution in [2.75, 3.05) is 32.3 Å². The number of likely N-dealkylation sites (N-methyl/N-ethyl adjacent to an activating group) is 1. The summed E-state index contributed by atoms with van der Waals surface area (Å²) in [5.74, 6) is 0.0501. The molecule has 0 atom stereocenters. The van der Waals surface area contributed by atoms with Crippen LogP contribution in [0.2, 0.25) is 0 Å². The number of carbonyl (C=O) groups excluding carboxylic acids is 3. The predicted molar refractivity (Wildman–Crippen MR) is 111 cm³/mol. The van der Waals surface area contributed by atoms with Gasteiger partial charge in [0.2, 0.25) is 11.8 Å². The first-order chi connectivity index (χ1) is 13.4. The fraction of sp³-hybridized carbons (Fsp3) is 0.286. The minimum absolute atomic E-state index is 0.0649. The van der Waals surface area contributed by atoms with Crippen LogP contribution < -0.4 is 10.1 Å². The standard InChI is InChI=1S/C21H24N2O4S/c1-23(14-20(25)22-16-6-8-17(27-2)9-7-16)21(26)13-12-19(24)15-4-10-18(28-3)11-5-15/h4-11H,12-14H2,1-3H3,(H,22,25). The summed E-state index contributed by atoms with van der Waals surface area (Å²) in [6.45, 7) is -0.0819. The fourth-order valence-corrected chi connectivity index (χ4v) is 2.92. The van der Waals surface area contributed by atoms with E-state index < -0.39 is 0 Å². The van der Waals surface area contributed by atoms with Gasteiger partial charge in [-0.1, -0.05) is 12.1 Å². The first-order valence-corrected chi connectivity index (χ1v) is 10.0. The van der Waals surface area contributed by atoms with Gasteiger partial charge < -0.3 is 15.0 Å². The molecule has 0 spiro atoms. The number of anilines is 1. The number of ether oxygens (including phenoxy) is 1. The Kier molecular flexibility index (Phi) is 8.07. The van der Waals surface area contributed by atoms with Gasteiger partial charge in [0.25, 0.3) is 0 Å². The van der Waals surface area contributed by atoms with Gasteiger partial charge in [-0.15, -0.1) is 11.8 Å². The fourth-order valence-electron chi connectivity index (χ4n) is 2.51. The molecule has 0 radical (unpaired) electrons. The molecule has 7 heteroatoms. The number of thioether (sulfide) groups is 1. The number of methoxy groups -OCH3 is 1. The third kappa shape index (κ3) is 6.42. The molecule has 1 N–H and O–H groups in total. The second kappa shape index (κ2) is 10.5. The Balaban J connectivity index is 1.79. The van der Waals surface area contributed by atoms with Gasteiger partial charge in [0.05, 0.1) is 13.7 Å². The van der Waals surface area contributed by atoms with Crippen LogP contribution in [0, 0.1) is 0 Å². The van der Waals surface area contributed by atoms with E-state index in [9.17, 15) is 14.4 Å². The lowest BCUT2D eigenvalue weighted by atomic mass is 10.1. The molecular formula is C21H24N2O4S. The molecule has 2 rings (SSSR count). The van der Waals surface area contributed by atoms with Crippen molar-refractivity contribution in [1.82, 2.24) is 4.90 Å². The van der Waals surface area contributed by atoms with Crippen LogP contribution in [0.5, 0.6) is 5.75 Å². The molecular weight excluding hydrogens is 376 g/mol. The number of hydrogen-bond acceptors (Lipinski definition) is 5. The molecule has 0 saturated carbocycles. The zero-order valence-electron chi connectivity index (χ0n) is 16.2. The van der Waals surface area contributed by atoms with Crippen molar-refractivity contribution in [3.05, 3.63) is 54.1 Å². The number of nitrogens with one attached hydrogen (secondary N) is 1. The number of Topliss-reactive ketones (excluding diaryl/α,β-unsaturated/α-hetero) is 1. The molecule has 0 fully saturated rings. The number of hydrogen-bond donors (Lipinski definition) is 1. The Bertz CT molecular complexity index is 819. The highest BCUT2D eigenvalue weighted by atomic mass is 32.2. The van der Waals surface area contributed by atoms with Crippen LogP contribution in [0.3, 0.4) is 0 Å². The minimum atomic E-state index is -0.306. The van der Waals surface area contributed by atoms with Crippen LogP contribution in [0.15, 0.2) is 53.4 Å². The lowest BCUT2D eigenvalue weighted by molar-refractivity contribution is -0.133. The quantitative estimate of drug-likeness (QED) is 0.515. The van der Waals surface area contributed by atoms with Crippen LogP contribution in [0.1, 0.15) is 23.2 Å². The topological polar surface area (TPSA) is 75.7 Å². The largest absolute Gasteiger partial charge is 0.497 e. The third-order valence-electron chi connectivity index (χ3n) is 4.16. The SMILES string of the molecule is COc1ccc(NC(=O)CN(C)C(=O)CCC(=O)c2ccc(SC)cc2)cc1. The van der Waals surface area contributed by atoms with Gasteiger partial charge in [0.15, 0.2) is 5.78 Å². The Labute approximate surface area is 169 Å². The smallest absolute Gasteiger partial charge is 0.243 e. The lowest BCUT2D eigenvalue weighted by Crippen LogP contribution is -2.35. The number of rotatable bonds is 9. The van der Waals surface area contributed by atoms with Crippen LogP contribution in [-0.2, 0) is 9.59 Å². The molecule has 28 heavy (non-hydrogen) atoms. The second-order valence-electron chi connectivity index (χ2n) is 6.18. The van der Waals surface area contributed by atoms with Crippen LogP contribution in [-0.4, -0.2) is 49.5 Å². The summed E-state index contributed by atoms with van der Waals surface area (Å²) >= 11 is 1.60. The van der Waals surface area contributed by atoms with Crippen molar-refractivity contribution in [2.24, 2.45) is 0 Å². The monoisotopic (exact) mass is 400 g/mol. The summed E-state index contributed by atoms with van der Waals surface area (Å²) in [6, 6.07) is 14.2. The zero-order chi connectivity index (χ0) is 20.5. The Hall–Kier alpha value is -2.80. The molecule has 148 valence electrons. The van der Waals surface area contributed by atoms with Crippen molar-refractivity contribution in [1.29, 1.82) is 0 Å². The average molecular weight is 401 g/mol. The van der Waals surface area contributed by atoms with Crippen molar-refractivity contribution in [3.8, 4) is 5.75 Å². The van der Waals surface area contributed by atoms with E-state index in [2.05, 4.69) is 5.32 Å². The van der Waals surface area contributed by atoms with Crippen LogP contribution in [0.25, 0.3) is 0 Å². The number of carbonyl (C=O) groups is 3. The van der Waals surface area contributed by atoms with Gasteiger partial charge in [-0.05, 0) is 42.7 Å². The van der Waals surface area contributed by atoms with E-state index in [1.165, 1.54) is 4.90 Å². The van der Waals surface area contributed by atoms with Gasteiger partial charge in [0.1, 0.15) is 5.75 Å². The summed E-state index contributed by atoms with van der Waals surface area (Å²) in [6.07, 6.45) is 2.15. The third-order valence-corrected chi connectivity index (χ3v) is 4.90. The zero-order valence-corrected chi connectivity index (χ0v) is 17.0. The normalized spacial score (nSPS) is 10.2. The van der Waals surface area contributed by atoms with Crippen molar-refractivity contribution >= 4 is 35.0 Å². The summed E-state index contributed by atoms with van der Waals surface area (Å²) in [5.41, 5.74) is 1.21. The summed E-state index contributed by atoms with van der Waals surface area (Å²) in [4.78, 5) is 38.9. The second-order valence-corrected chi connectivity index (χ2v) is 7.06. The van der Waals surface area contributed by atoms with Gasteiger partial charge in [0, 0.05) is 36.0 Å². The molecule has 2 aromatic carbocycles. The van der Waals surface area contributed by atoms with Gasteiger partial charge in [-0.25, -0.2) is 0 Å². The van der Waals surface area contributed by atoms with E-state index in [4.69, 9.17) is 4.74 Å². The number of ketones is 1. The Morgan fingerprint density at radius 1 is 1.00 bits per heavy atom. The van der Waals surface area contributed by atoms with Crippen LogP contribution in [0.4, 0.5) is 5.69 Å². The van der Waals surface area contributed by atoms with Gasteiger partial charge in [-0.3, -0.25) is 14.4 Å². The maximum absolute atomic E-state index is 12.2. The van der Waals surface area contributed by atoms with Gasteiger partial charge in [-0.2, -0.15) is 0 Å². The highest BCUT2D eigenvalue weighted by molar-refractivity contribution is 7.98. The maximum Gasteiger partial charge on any atom is 0.243 e. The Morgan fingerprint density at radius 2 is 1.64 bits per heavy atom. The molecule has 2 amide bonds. The van der Waals surface area contributed by atoms with E-state index in [0.29, 0.717) is 17.0 Å². The predicted octanol–water partition coefficient (Wildman–Crippen LogP) is 3.48. The molecule has 6 nitrogen and oxygen atoms in total. The number of amides is 2. The van der Waals surface area contributed by atoms with E-state index >= 15 is 0 Å². The average Bonchev–Trinajstić information content (AvgIpc) is 2.72. The van der Waals surface area contributed by atoms with Gasteiger partial charge >= 0.3 is 0 Å². The molecule has 0 heterocycles.